The van der Waals surface area contributed by atoms with E-state index in [1.807, 2.05) is 0 Å². The van der Waals surface area contributed by atoms with Crippen LogP contribution in [-0.4, -0.2) is 65.2 Å². The molecule has 112 valence electrons. The Morgan fingerprint density at radius 3 is 2.45 bits per heavy atom. The Bertz CT molecular complexity index is 412. The van der Waals surface area contributed by atoms with Gasteiger partial charge in [0.25, 0.3) is 0 Å². The maximum Gasteiger partial charge on any atom is 0.328 e. The first kappa shape index (κ1) is 14.6. The molecule has 0 aromatic carbocycles. The summed E-state index contributed by atoms with van der Waals surface area (Å²) in [5.74, 6) is -1.30. The molecule has 2 saturated heterocycles. The summed E-state index contributed by atoms with van der Waals surface area (Å²) in [4.78, 5) is 38.1. The topological polar surface area (TPSA) is 87.2 Å². The summed E-state index contributed by atoms with van der Waals surface area (Å²) in [5.41, 5.74) is 0. The van der Waals surface area contributed by atoms with Crippen LogP contribution in [0.1, 0.15) is 32.1 Å². The van der Waals surface area contributed by atoms with Gasteiger partial charge in [-0.15, -0.1) is 0 Å². The van der Waals surface area contributed by atoms with Gasteiger partial charge in [-0.05, 0) is 25.7 Å². The van der Waals surface area contributed by atoms with Crippen molar-refractivity contribution in [3.8, 4) is 0 Å². The molecule has 2 unspecified atom stereocenters. The molecule has 2 rings (SSSR count). The van der Waals surface area contributed by atoms with Crippen LogP contribution in [0.2, 0.25) is 0 Å². The van der Waals surface area contributed by atoms with Gasteiger partial charge in [-0.25, -0.2) is 9.59 Å². The summed E-state index contributed by atoms with van der Waals surface area (Å²) in [6.07, 6.45) is 2.84. The summed E-state index contributed by atoms with van der Waals surface area (Å²) >= 11 is 0. The van der Waals surface area contributed by atoms with Gasteiger partial charge in [0.05, 0.1) is 13.5 Å². The maximum absolute atomic E-state index is 12.5. The molecule has 2 amide bonds. The lowest BCUT2D eigenvalue weighted by Crippen LogP contribution is -2.50. The first-order chi connectivity index (χ1) is 9.54. The molecule has 7 heteroatoms. The monoisotopic (exact) mass is 284 g/mol. The first-order valence-electron chi connectivity index (χ1n) is 6.91. The third-order valence-electron chi connectivity index (χ3n) is 4.00. The molecule has 0 bridgehead atoms. The highest BCUT2D eigenvalue weighted by atomic mass is 16.5. The molecule has 7 nitrogen and oxygen atoms in total. The Labute approximate surface area is 117 Å². The van der Waals surface area contributed by atoms with E-state index in [-0.39, 0.29) is 18.5 Å². The van der Waals surface area contributed by atoms with Crippen LogP contribution >= 0.6 is 0 Å². The van der Waals surface area contributed by atoms with Crippen molar-refractivity contribution in [1.29, 1.82) is 0 Å². The second-order valence-corrected chi connectivity index (χ2v) is 5.24. The number of nitrogens with zero attached hydrogens (tertiary/aromatic N) is 2. The molecule has 2 atom stereocenters. The Morgan fingerprint density at radius 2 is 1.80 bits per heavy atom. The number of likely N-dealkylation sites (tertiary alicyclic amines) is 2. The number of carboxylic acids is 1. The summed E-state index contributed by atoms with van der Waals surface area (Å²) in [7, 11) is 1.31. The van der Waals surface area contributed by atoms with Crippen molar-refractivity contribution in [2.45, 2.75) is 44.2 Å². The number of carboxylic acid groups (broad SMARTS) is 1. The number of aliphatic carboxylic acids is 1. The van der Waals surface area contributed by atoms with Crippen molar-refractivity contribution < 1.29 is 24.2 Å². The van der Waals surface area contributed by atoms with Crippen LogP contribution in [-0.2, 0) is 14.3 Å². The lowest BCUT2D eigenvalue weighted by molar-refractivity contribution is -0.145. The summed E-state index contributed by atoms with van der Waals surface area (Å²) in [5, 5.41) is 8.89. The third-order valence-corrected chi connectivity index (χ3v) is 4.00. The summed E-state index contributed by atoms with van der Waals surface area (Å²) in [6, 6.07) is -1.03. The zero-order valence-electron chi connectivity index (χ0n) is 11.6. The maximum atomic E-state index is 12.5. The summed E-state index contributed by atoms with van der Waals surface area (Å²) < 4.78 is 4.72. The van der Waals surface area contributed by atoms with Crippen LogP contribution in [0.15, 0.2) is 0 Å². The lowest BCUT2D eigenvalue weighted by atomic mass is 10.1. The van der Waals surface area contributed by atoms with Gasteiger partial charge in [0.1, 0.15) is 6.04 Å². The van der Waals surface area contributed by atoms with E-state index in [0.717, 1.165) is 12.8 Å². The van der Waals surface area contributed by atoms with Crippen molar-refractivity contribution >= 4 is 18.0 Å². The van der Waals surface area contributed by atoms with Crippen molar-refractivity contribution in [3.05, 3.63) is 0 Å². The summed E-state index contributed by atoms with van der Waals surface area (Å²) in [6.45, 7) is 1.08. The largest absolute Gasteiger partial charge is 0.481 e. The van der Waals surface area contributed by atoms with Crippen LogP contribution < -0.4 is 0 Å². The van der Waals surface area contributed by atoms with E-state index in [1.165, 1.54) is 12.0 Å². The minimum absolute atomic E-state index is 0.0392. The van der Waals surface area contributed by atoms with Crippen LogP contribution in [0.3, 0.4) is 0 Å². The molecule has 0 saturated carbocycles. The van der Waals surface area contributed by atoms with Crippen LogP contribution in [0, 0.1) is 0 Å². The molecule has 0 spiro atoms. The van der Waals surface area contributed by atoms with Crippen LogP contribution in [0.25, 0.3) is 0 Å². The number of methoxy groups -OCH3 is 1. The second kappa shape index (κ2) is 6.11. The lowest BCUT2D eigenvalue weighted by Gasteiger charge is -2.31. The number of hydrogen-bond acceptors (Lipinski definition) is 4. The highest BCUT2D eigenvalue weighted by Gasteiger charge is 2.40. The molecular formula is C13H20N2O5. The fraction of sp³-hybridized carbons (Fsp3) is 0.769. The molecule has 0 aromatic heterocycles. The van der Waals surface area contributed by atoms with Crippen molar-refractivity contribution in [1.82, 2.24) is 9.80 Å². The molecule has 2 heterocycles. The number of ether oxygens (including phenoxy) is 1. The van der Waals surface area contributed by atoms with Gasteiger partial charge in [-0.1, -0.05) is 0 Å². The predicted molar refractivity (Wildman–Crippen MR) is 69.1 cm³/mol. The molecule has 0 radical (unpaired) electrons. The highest BCUT2D eigenvalue weighted by molar-refractivity contribution is 5.85. The van der Waals surface area contributed by atoms with Gasteiger partial charge >= 0.3 is 18.0 Å². The van der Waals surface area contributed by atoms with E-state index in [0.29, 0.717) is 25.9 Å². The van der Waals surface area contributed by atoms with Gasteiger partial charge < -0.3 is 19.6 Å². The number of hydrogen-bond donors (Lipinski definition) is 1. The van der Waals surface area contributed by atoms with E-state index in [1.54, 1.807) is 4.90 Å². The van der Waals surface area contributed by atoms with Gasteiger partial charge in [0.15, 0.2) is 0 Å². The van der Waals surface area contributed by atoms with E-state index in [2.05, 4.69) is 0 Å². The Morgan fingerprint density at radius 1 is 1.15 bits per heavy atom. The number of esters is 1. The van der Waals surface area contributed by atoms with E-state index in [4.69, 9.17) is 9.84 Å². The number of urea groups is 1. The average molecular weight is 284 g/mol. The Kier molecular flexibility index (Phi) is 4.46. The van der Waals surface area contributed by atoms with Gasteiger partial charge in [0, 0.05) is 19.1 Å². The van der Waals surface area contributed by atoms with E-state index in [9.17, 15) is 14.4 Å². The first-order valence-corrected chi connectivity index (χ1v) is 6.91. The van der Waals surface area contributed by atoms with Crippen molar-refractivity contribution in [3.63, 3.8) is 0 Å². The SMILES string of the molecule is COC(=O)C1CCCN1C(=O)N1CCCC1CC(=O)O. The number of carbonyl (C=O) groups is 3. The van der Waals surface area contributed by atoms with Crippen molar-refractivity contribution in [2.24, 2.45) is 0 Å². The van der Waals surface area contributed by atoms with E-state index < -0.39 is 18.0 Å². The zero-order valence-corrected chi connectivity index (χ0v) is 11.6. The fourth-order valence-electron chi connectivity index (χ4n) is 3.04. The molecule has 2 aliphatic rings. The minimum Gasteiger partial charge on any atom is -0.481 e. The highest BCUT2D eigenvalue weighted by Crippen LogP contribution is 2.26. The quantitative estimate of drug-likeness (QED) is 0.770. The molecule has 2 aliphatic heterocycles. The van der Waals surface area contributed by atoms with E-state index >= 15 is 0 Å². The fourth-order valence-corrected chi connectivity index (χ4v) is 3.04. The average Bonchev–Trinajstić information content (AvgIpc) is 3.04. The van der Waals surface area contributed by atoms with Crippen LogP contribution in [0.5, 0.6) is 0 Å². The van der Waals surface area contributed by atoms with Gasteiger partial charge in [0.2, 0.25) is 0 Å². The zero-order chi connectivity index (χ0) is 14.7. The molecule has 0 aliphatic carbocycles. The normalized spacial score (nSPS) is 25.9. The molecule has 1 N–H and O–H groups in total. The minimum atomic E-state index is -0.902. The van der Waals surface area contributed by atoms with Crippen LogP contribution in [0.4, 0.5) is 4.79 Å². The van der Waals surface area contributed by atoms with Crippen molar-refractivity contribution in [2.75, 3.05) is 20.2 Å². The smallest absolute Gasteiger partial charge is 0.328 e. The number of carbonyl (C=O) groups excluding carboxylic acids is 2. The molecular weight excluding hydrogens is 264 g/mol. The molecule has 2 fully saturated rings. The Balaban J connectivity index is 2.05. The molecule has 20 heavy (non-hydrogen) atoms. The third kappa shape index (κ3) is 2.86. The van der Waals surface area contributed by atoms with Gasteiger partial charge in [-0.2, -0.15) is 0 Å². The number of amides is 2. The number of rotatable bonds is 3. The second-order valence-electron chi connectivity index (χ2n) is 5.24. The standard InChI is InChI=1S/C13H20N2O5/c1-20-12(18)10-5-3-7-15(10)13(19)14-6-2-4-9(14)8-11(16)17/h9-10H,2-8H2,1H3,(H,16,17). The van der Waals surface area contributed by atoms with Gasteiger partial charge in [-0.3, -0.25) is 4.79 Å². The molecule has 0 aromatic rings. The predicted octanol–water partition coefficient (Wildman–Crippen LogP) is 0.683. The Hall–Kier alpha value is -1.79.